The molecule has 5 nitrogen and oxygen atoms in total. The van der Waals surface area contributed by atoms with Crippen molar-refractivity contribution in [2.45, 2.75) is 6.54 Å². The van der Waals surface area contributed by atoms with E-state index in [4.69, 9.17) is 14.2 Å². The number of fused-ring (bicyclic) bond motifs is 1. The molecule has 2 aromatic carbocycles. The van der Waals surface area contributed by atoms with Gasteiger partial charge in [0.2, 0.25) is 0 Å². The van der Waals surface area contributed by atoms with Crippen molar-refractivity contribution in [3.8, 4) is 17.2 Å². The summed E-state index contributed by atoms with van der Waals surface area (Å²) in [5.41, 5.74) is 2.51. The number of piperazine rings is 1. The van der Waals surface area contributed by atoms with Crippen molar-refractivity contribution >= 4 is 5.69 Å². The Bertz CT molecular complexity index is 727. The van der Waals surface area contributed by atoms with Gasteiger partial charge in [-0.1, -0.05) is 12.1 Å². The molecule has 1 saturated heterocycles. The molecule has 5 heteroatoms. The van der Waals surface area contributed by atoms with Crippen LogP contribution in [0.2, 0.25) is 0 Å². The second-order valence-corrected chi connectivity index (χ2v) is 6.44. The first-order valence-electron chi connectivity index (χ1n) is 8.82. The third-order valence-electron chi connectivity index (χ3n) is 4.80. The number of ether oxygens (including phenoxy) is 3. The summed E-state index contributed by atoms with van der Waals surface area (Å²) in [5, 5.41) is 0. The van der Waals surface area contributed by atoms with Crippen LogP contribution in [0.3, 0.4) is 0 Å². The lowest BCUT2D eigenvalue weighted by atomic mass is 10.1. The Morgan fingerprint density at radius 2 is 1.72 bits per heavy atom. The Balaban J connectivity index is 1.36. The zero-order valence-corrected chi connectivity index (χ0v) is 14.6. The maximum absolute atomic E-state index is 5.70. The number of rotatable bonds is 4. The van der Waals surface area contributed by atoms with Gasteiger partial charge in [-0.05, 0) is 29.8 Å². The standard InChI is InChI=1S/C20H24N2O3/c1-23-18-4-2-3-16(13-18)15-21-7-9-22(10-8-21)17-5-6-19-20(14-17)25-12-11-24-19/h2-6,13-14H,7-12,15H2,1H3. The minimum Gasteiger partial charge on any atom is -0.497 e. The fourth-order valence-corrected chi connectivity index (χ4v) is 3.42. The number of hydrogen-bond donors (Lipinski definition) is 0. The summed E-state index contributed by atoms with van der Waals surface area (Å²) in [7, 11) is 1.71. The maximum Gasteiger partial charge on any atom is 0.163 e. The second-order valence-electron chi connectivity index (χ2n) is 6.44. The molecule has 0 unspecified atom stereocenters. The Labute approximate surface area is 148 Å². The number of methoxy groups -OCH3 is 1. The molecule has 1 fully saturated rings. The Morgan fingerprint density at radius 3 is 2.52 bits per heavy atom. The van der Waals surface area contributed by atoms with E-state index in [1.165, 1.54) is 11.3 Å². The first-order valence-corrected chi connectivity index (χ1v) is 8.82. The zero-order valence-electron chi connectivity index (χ0n) is 14.6. The van der Waals surface area contributed by atoms with Crippen LogP contribution in [0, 0.1) is 0 Å². The molecule has 0 aromatic heterocycles. The largest absolute Gasteiger partial charge is 0.497 e. The lowest BCUT2D eigenvalue weighted by molar-refractivity contribution is 0.171. The minimum atomic E-state index is 0.630. The fourth-order valence-electron chi connectivity index (χ4n) is 3.42. The highest BCUT2D eigenvalue weighted by Gasteiger charge is 2.20. The molecule has 0 spiro atoms. The van der Waals surface area contributed by atoms with Crippen LogP contribution in [0.5, 0.6) is 17.2 Å². The summed E-state index contributed by atoms with van der Waals surface area (Å²) in [6, 6.07) is 14.6. The molecule has 132 valence electrons. The van der Waals surface area contributed by atoms with Crippen molar-refractivity contribution in [3.05, 3.63) is 48.0 Å². The predicted octanol–water partition coefficient (Wildman–Crippen LogP) is 2.79. The van der Waals surface area contributed by atoms with E-state index in [9.17, 15) is 0 Å². The summed E-state index contributed by atoms with van der Waals surface area (Å²) in [5.74, 6) is 2.64. The van der Waals surface area contributed by atoms with Crippen molar-refractivity contribution in [1.82, 2.24) is 4.90 Å². The van der Waals surface area contributed by atoms with Gasteiger partial charge in [-0.3, -0.25) is 4.90 Å². The van der Waals surface area contributed by atoms with Crippen LogP contribution in [0.15, 0.2) is 42.5 Å². The van der Waals surface area contributed by atoms with Gasteiger partial charge in [-0.25, -0.2) is 0 Å². The molecule has 0 bridgehead atoms. The van der Waals surface area contributed by atoms with Gasteiger partial charge in [-0.2, -0.15) is 0 Å². The van der Waals surface area contributed by atoms with Gasteiger partial charge in [0.15, 0.2) is 11.5 Å². The lowest BCUT2D eigenvalue weighted by Crippen LogP contribution is -2.46. The molecule has 2 aromatic rings. The summed E-state index contributed by atoms with van der Waals surface area (Å²) in [6.07, 6.45) is 0. The van der Waals surface area contributed by atoms with E-state index in [1.54, 1.807) is 7.11 Å². The van der Waals surface area contributed by atoms with Crippen molar-refractivity contribution in [2.24, 2.45) is 0 Å². The van der Waals surface area contributed by atoms with E-state index >= 15 is 0 Å². The first kappa shape index (κ1) is 16.1. The number of anilines is 1. The maximum atomic E-state index is 5.70. The summed E-state index contributed by atoms with van der Waals surface area (Å²) >= 11 is 0. The van der Waals surface area contributed by atoms with Crippen molar-refractivity contribution in [2.75, 3.05) is 51.4 Å². The van der Waals surface area contributed by atoms with E-state index in [0.717, 1.165) is 50.0 Å². The molecule has 0 radical (unpaired) electrons. The highest BCUT2D eigenvalue weighted by atomic mass is 16.6. The molecule has 2 heterocycles. The van der Waals surface area contributed by atoms with Crippen LogP contribution in [0.4, 0.5) is 5.69 Å². The second kappa shape index (κ2) is 7.23. The smallest absolute Gasteiger partial charge is 0.163 e. The predicted molar refractivity (Wildman–Crippen MR) is 97.9 cm³/mol. The van der Waals surface area contributed by atoms with Gasteiger partial charge in [0.1, 0.15) is 19.0 Å². The van der Waals surface area contributed by atoms with Gasteiger partial charge in [0.25, 0.3) is 0 Å². The molecule has 25 heavy (non-hydrogen) atoms. The zero-order chi connectivity index (χ0) is 17.1. The SMILES string of the molecule is COc1cccc(CN2CCN(c3ccc4c(c3)OCCO4)CC2)c1. The van der Waals surface area contributed by atoms with E-state index in [0.29, 0.717) is 13.2 Å². The normalized spacial score (nSPS) is 17.4. The molecule has 0 atom stereocenters. The first-order chi connectivity index (χ1) is 12.3. The molecular formula is C20H24N2O3. The van der Waals surface area contributed by atoms with Crippen molar-refractivity contribution < 1.29 is 14.2 Å². The number of hydrogen-bond acceptors (Lipinski definition) is 5. The topological polar surface area (TPSA) is 34.2 Å². The molecular weight excluding hydrogens is 316 g/mol. The summed E-state index contributed by atoms with van der Waals surface area (Å²) < 4.78 is 16.6. The van der Waals surface area contributed by atoms with E-state index in [-0.39, 0.29) is 0 Å². The van der Waals surface area contributed by atoms with E-state index < -0.39 is 0 Å². The van der Waals surface area contributed by atoms with E-state index in [2.05, 4.69) is 40.1 Å². The van der Waals surface area contributed by atoms with Gasteiger partial charge in [-0.15, -0.1) is 0 Å². The van der Waals surface area contributed by atoms with Gasteiger partial charge < -0.3 is 19.1 Å². The van der Waals surface area contributed by atoms with Crippen LogP contribution in [0.25, 0.3) is 0 Å². The molecule has 0 saturated carbocycles. The number of nitrogens with zero attached hydrogens (tertiary/aromatic N) is 2. The third-order valence-corrected chi connectivity index (χ3v) is 4.80. The van der Waals surface area contributed by atoms with Gasteiger partial charge >= 0.3 is 0 Å². The van der Waals surface area contributed by atoms with Gasteiger partial charge in [0.05, 0.1) is 7.11 Å². The Morgan fingerprint density at radius 1 is 0.920 bits per heavy atom. The Kier molecular flexibility index (Phi) is 4.65. The molecule has 0 aliphatic carbocycles. The highest BCUT2D eigenvalue weighted by molar-refractivity contribution is 5.57. The molecule has 0 N–H and O–H groups in total. The average Bonchev–Trinajstić information content (AvgIpc) is 2.68. The number of benzene rings is 2. The van der Waals surface area contributed by atoms with Crippen LogP contribution in [-0.2, 0) is 6.54 Å². The van der Waals surface area contributed by atoms with E-state index in [1.807, 2.05) is 12.1 Å². The third kappa shape index (κ3) is 3.66. The summed E-state index contributed by atoms with van der Waals surface area (Å²) in [4.78, 5) is 4.91. The monoisotopic (exact) mass is 340 g/mol. The van der Waals surface area contributed by atoms with Crippen LogP contribution in [-0.4, -0.2) is 51.4 Å². The van der Waals surface area contributed by atoms with Gasteiger partial charge in [0, 0.05) is 44.5 Å². The Hall–Kier alpha value is -2.40. The minimum absolute atomic E-state index is 0.630. The van der Waals surface area contributed by atoms with Crippen molar-refractivity contribution in [1.29, 1.82) is 0 Å². The lowest BCUT2D eigenvalue weighted by Gasteiger charge is -2.36. The summed E-state index contributed by atoms with van der Waals surface area (Å²) in [6.45, 7) is 6.36. The molecule has 2 aliphatic rings. The molecule has 4 rings (SSSR count). The quantitative estimate of drug-likeness (QED) is 0.855. The van der Waals surface area contributed by atoms with Crippen LogP contribution in [0.1, 0.15) is 5.56 Å². The average molecular weight is 340 g/mol. The molecule has 2 aliphatic heterocycles. The van der Waals surface area contributed by atoms with Crippen LogP contribution < -0.4 is 19.1 Å². The highest BCUT2D eigenvalue weighted by Crippen LogP contribution is 2.34. The molecule has 0 amide bonds. The van der Waals surface area contributed by atoms with Crippen molar-refractivity contribution in [3.63, 3.8) is 0 Å². The fraction of sp³-hybridized carbons (Fsp3) is 0.400. The van der Waals surface area contributed by atoms with Crippen LogP contribution >= 0.6 is 0 Å².